The van der Waals surface area contributed by atoms with Crippen LogP contribution in [0.5, 0.6) is 11.6 Å². The van der Waals surface area contributed by atoms with Gasteiger partial charge in [0.15, 0.2) is 5.82 Å². The van der Waals surface area contributed by atoms with Crippen LogP contribution in [-0.4, -0.2) is 61.3 Å². The monoisotopic (exact) mass is 357 g/mol. The van der Waals surface area contributed by atoms with Crippen LogP contribution in [0.4, 0.5) is 16.3 Å². The molecular weight excluding hydrogens is 334 g/mol. The number of carbonyl (C=O) groups excluding carboxylic acids is 1. The number of nitrogens with zero attached hydrogens (tertiary/aromatic N) is 4. The van der Waals surface area contributed by atoms with Crippen molar-refractivity contribution in [2.75, 3.05) is 44.5 Å². The molecule has 2 heterocycles. The number of amides is 2. The molecule has 1 aliphatic heterocycles. The summed E-state index contributed by atoms with van der Waals surface area (Å²) in [5.74, 6) is 1.95. The van der Waals surface area contributed by atoms with Crippen LogP contribution in [0.25, 0.3) is 0 Å². The maximum Gasteiger partial charge on any atom is 0.321 e. The lowest BCUT2D eigenvalue weighted by molar-refractivity contribution is 0.189. The Balaban J connectivity index is 1.54. The van der Waals surface area contributed by atoms with E-state index in [0.29, 0.717) is 19.0 Å². The highest BCUT2D eigenvalue weighted by atomic mass is 16.5. The predicted octanol–water partition coefficient (Wildman–Crippen LogP) is 2.24. The number of anilines is 2. The molecule has 8 nitrogen and oxygen atoms in total. The summed E-state index contributed by atoms with van der Waals surface area (Å²) >= 11 is 0. The lowest BCUT2D eigenvalue weighted by atomic mass is 10.3. The van der Waals surface area contributed by atoms with E-state index in [1.54, 1.807) is 24.4 Å². The summed E-state index contributed by atoms with van der Waals surface area (Å²) in [4.78, 5) is 24.5. The second-order valence-electron chi connectivity index (χ2n) is 6.24. The Morgan fingerprint density at radius 2 is 2.04 bits per heavy atom. The fraction of sp³-hybridized carbons (Fsp3) is 0.389. The number of urea groups is 1. The van der Waals surface area contributed by atoms with Crippen LogP contribution < -0.4 is 19.7 Å². The maximum absolute atomic E-state index is 12.4. The van der Waals surface area contributed by atoms with Crippen LogP contribution in [0.1, 0.15) is 6.42 Å². The molecule has 1 saturated heterocycles. The molecule has 2 amide bonds. The average molecular weight is 357 g/mol. The number of hydrogen-bond acceptors (Lipinski definition) is 6. The van der Waals surface area contributed by atoms with E-state index in [4.69, 9.17) is 9.47 Å². The Morgan fingerprint density at radius 1 is 1.27 bits per heavy atom. The van der Waals surface area contributed by atoms with Crippen molar-refractivity contribution in [2.45, 2.75) is 12.5 Å². The molecule has 2 aromatic rings. The van der Waals surface area contributed by atoms with Gasteiger partial charge in [0.25, 0.3) is 0 Å². The Labute approximate surface area is 152 Å². The highest BCUT2D eigenvalue weighted by Gasteiger charge is 2.28. The van der Waals surface area contributed by atoms with Gasteiger partial charge in [0.2, 0.25) is 5.88 Å². The molecule has 3 rings (SSSR count). The maximum atomic E-state index is 12.4. The largest absolute Gasteiger partial charge is 0.497 e. The molecule has 0 bridgehead atoms. The zero-order valence-electron chi connectivity index (χ0n) is 15.2. The molecule has 1 N–H and O–H groups in total. The van der Waals surface area contributed by atoms with E-state index in [1.807, 2.05) is 43.3 Å². The molecule has 0 radical (unpaired) electrons. The van der Waals surface area contributed by atoms with Gasteiger partial charge in [-0.25, -0.2) is 4.79 Å². The minimum atomic E-state index is -0.144. The van der Waals surface area contributed by atoms with Gasteiger partial charge in [0, 0.05) is 32.7 Å². The molecular formula is C18H23N5O3. The molecule has 138 valence electrons. The average Bonchev–Trinajstić information content (AvgIpc) is 3.11. The zero-order valence-corrected chi connectivity index (χ0v) is 15.2. The topological polar surface area (TPSA) is 79.8 Å². The fourth-order valence-corrected chi connectivity index (χ4v) is 2.67. The van der Waals surface area contributed by atoms with E-state index >= 15 is 0 Å². The van der Waals surface area contributed by atoms with Crippen molar-refractivity contribution in [2.24, 2.45) is 0 Å². The summed E-state index contributed by atoms with van der Waals surface area (Å²) < 4.78 is 11.0. The molecule has 1 fully saturated rings. The van der Waals surface area contributed by atoms with Crippen molar-refractivity contribution in [3.8, 4) is 11.6 Å². The summed E-state index contributed by atoms with van der Waals surface area (Å²) in [5, 5.41) is 2.88. The smallest absolute Gasteiger partial charge is 0.321 e. The predicted molar refractivity (Wildman–Crippen MR) is 99.0 cm³/mol. The number of hydrogen-bond donors (Lipinski definition) is 1. The molecule has 26 heavy (non-hydrogen) atoms. The normalized spacial score (nSPS) is 16.3. The summed E-state index contributed by atoms with van der Waals surface area (Å²) in [6, 6.07) is 7.09. The highest BCUT2D eigenvalue weighted by Crippen LogP contribution is 2.20. The molecule has 0 spiro atoms. The third-order valence-corrected chi connectivity index (χ3v) is 4.12. The van der Waals surface area contributed by atoms with Gasteiger partial charge >= 0.3 is 6.03 Å². The van der Waals surface area contributed by atoms with Gasteiger partial charge in [-0.2, -0.15) is 4.98 Å². The Bertz CT molecular complexity index is 751. The van der Waals surface area contributed by atoms with E-state index in [-0.39, 0.29) is 12.1 Å². The van der Waals surface area contributed by atoms with E-state index in [9.17, 15) is 4.79 Å². The lowest BCUT2D eigenvalue weighted by Gasteiger charge is -2.18. The molecule has 8 heteroatoms. The number of benzene rings is 1. The molecule has 1 aromatic heterocycles. The standard InChI is InChI=1S/C18H23N5O3/c1-22(2)16-10-19-11-17(21-16)26-15-8-9-23(12-15)18(24)20-13-4-6-14(25-3)7-5-13/h4-7,10-11,15H,8-9,12H2,1-3H3,(H,20,24). The number of ether oxygens (including phenoxy) is 2. The first-order chi connectivity index (χ1) is 12.5. The molecule has 0 aliphatic carbocycles. The quantitative estimate of drug-likeness (QED) is 0.884. The van der Waals surface area contributed by atoms with E-state index in [0.717, 1.165) is 23.7 Å². The van der Waals surface area contributed by atoms with Crippen LogP contribution in [-0.2, 0) is 0 Å². The number of nitrogens with one attached hydrogen (secondary N) is 1. The number of rotatable bonds is 5. The van der Waals surface area contributed by atoms with Crippen LogP contribution in [0.15, 0.2) is 36.7 Å². The third kappa shape index (κ3) is 4.33. The van der Waals surface area contributed by atoms with Gasteiger partial charge in [-0.1, -0.05) is 0 Å². The lowest BCUT2D eigenvalue weighted by Crippen LogP contribution is -2.34. The number of methoxy groups -OCH3 is 1. The van der Waals surface area contributed by atoms with Gasteiger partial charge in [0.1, 0.15) is 11.9 Å². The van der Waals surface area contributed by atoms with Gasteiger partial charge in [0.05, 0.1) is 26.0 Å². The minimum Gasteiger partial charge on any atom is -0.497 e. The second kappa shape index (κ2) is 7.90. The van der Waals surface area contributed by atoms with E-state index < -0.39 is 0 Å². The minimum absolute atomic E-state index is 0.0941. The zero-order chi connectivity index (χ0) is 18.5. The first-order valence-corrected chi connectivity index (χ1v) is 8.41. The van der Waals surface area contributed by atoms with Crippen molar-refractivity contribution >= 4 is 17.5 Å². The first kappa shape index (κ1) is 17.8. The molecule has 0 saturated carbocycles. The van der Waals surface area contributed by atoms with Crippen LogP contribution in [0.3, 0.4) is 0 Å². The van der Waals surface area contributed by atoms with Crippen LogP contribution in [0, 0.1) is 0 Å². The van der Waals surface area contributed by atoms with Crippen LogP contribution >= 0.6 is 0 Å². The second-order valence-corrected chi connectivity index (χ2v) is 6.24. The van der Waals surface area contributed by atoms with Crippen molar-refractivity contribution < 1.29 is 14.3 Å². The highest BCUT2D eigenvalue weighted by molar-refractivity contribution is 5.89. The summed E-state index contributed by atoms with van der Waals surface area (Å²) in [7, 11) is 5.40. The van der Waals surface area contributed by atoms with Crippen molar-refractivity contribution in [3.05, 3.63) is 36.7 Å². The number of aromatic nitrogens is 2. The SMILES string of the molecule is COc1ccc(NC(=O)N2CCC(Oc3cncc(N(C)C)n3)C2)cc1. The Kier molecular flexibility index (Phi) is 5.40. The summed E-state index contributed by atoms with van der Waals surface area (Å²) in [6.45, 7) is 1.14. The van der Waals surface area contributed by atoms with Crippen molar-refractivity contribution in [3.63, 3.8) is 0 Å². The molecule has 1 unspecified atom stereocenters. The number of likely N-dealkylation sites (tertiary alicyclic amines) is 1. The fourth-order valence-electron chi connectivity index (χ4n) is 2.67. The first-order valence-electron chi connectivity index (χ1n) is 8.41. The summed E-state index contributed by atoms with van der Waals surface area (Å²) in [6.07, 6.45) is 3.93. The Morgan fingerprint density at radius 3 is 2.73 bits per heavy atom. The molecule has 1 aromatic carbocycles. The summed E-state index contributed by atoms with van der Waals surface area (Å²) in [5.41, 5.74) is 0.727. The van der Waals surface area contributed by atoms with Gasteiger partial charge in [-0.3, -0.25) is 4.98 Å². The van der Waals surface area contributed by atoms with Gasteiger partial charge in [-0.15, -0.1) is 0 Å². The van der Waals surface area contributed by atoms with Crippen molar-refractivity contribution in [1.82, 2.24) is 14.9 Å². The van der Waals surface area contributed by atoms with Gasteiger partial charge in [-0.05, 0) is 24.3 Å². The van der Waals surface area contributed by atoms with Crippen LogP contribution in [0.2, 0.25) is 0 Å². The Hall–Kier alpha value is -3.03. The third-order valence-electron chi connectivity index (χ3n) is 4.12. The molecule has 1 aliphatic rings. The molecule has 1 atom stereocenters. The van der Waals surface area contributed by atoms with E-state index in [2.05, 4.69) is 15.3 Å². The van der Waals surface area contributed by atoms with Crippen molar-refractivity contribution in [1.29, 1.82) is 0 Å². The van der Waals surface area contributed by atoms with Gasteiger partial charge < -0.3 is 24.6 Å². The van der Waals surface area contributed by atoms with E-state index in [1.165, 1.54) is 0 Å². The number of carbonyl (C=O) groups is 1.